The van der Waals surface area contributed by atoms with E-state index in [-0.39, 0.29) is 11.3 Å². The summed E-state index contributed by atoms with van der Waals surface area (Å²) in [7, 11) is 2.53. The SMILES string of the molecule is COC(=O)[C@H](C)Oc1cc(O[C@H](C)C(=O)OC)c2c3c(c(=O)oc2c1)CCC3. The number of carbonyl (C=O) groups is 2. The fraction of sp³-hybridized carbons (Fsp3) is 0.450. The Balaban J connectivity index is 2.12. The van der Waals surface area contributed by atoms with Gasteiger partial charge in [0.05, 0.1) is 19.6 Å². The van der Waals surface area contributed by atoms with Crippen molar-refractivity contribution in [1.29, 1.82) is 0 Å². The monoisotopic (exact) mass is 390 g/mol. The zero-order chi connectivity index (χ0) is 20.4. The van der Waals surface area contributed by atoms with Crippen LogP contribution in [0.5, 0.6) is 11.5 Å². The maximum absolute atomic E-state index is 12.3. The lowest BCUT2D eigenvalue weighted by Crippen LogP contribution is -2.26. The molecule has 1 aliphatic rings. The molecule has 2 atom stereocenters. The van der Waals surface area contributed by atoms with Crippen LogP contribution in [0.25, 0.3) is 11.0 Å². The van der Waals surface area contributed by atoms with Crippen LogP contribution in [-0.4, -0.2) is 38.4 Å². The summed E-state index contributed by atoms with van der Waals surface area (Å²) in [5.74, 6) is -0.528. The van der Waals surface area contributed by atoms with Gasteiger partial charge >= 0.3 is 17.6 Å². The second kappa shape index (κ2) is 7.92. The first-order valence-corrected chi connectivity index (χ1v) is 8.97. The summed E-state index contributed by atoms with van der Waals surface area (Å²) >= 11 is 0. The van der Waals surface area contributed by atoms with E-state index < -0.39 is 29.8 Å². The van der Waals surface area contributed by atoms with Gasteiger partial charge in [0, 0.05) is 17.7 Å². The predicted octanol–water partition coefficient (Wildman–Crippen LogP) is 2.16. The lowest BCUT2D eigenvalue weighted by atomic mass is 10.1. The lowest BCUT2D eigenvalue weighted by Gasteiger charge is -2.18. The van der Waals surface area contributed by atoms with E-state index in [9.17, 15) is 14.4 Å². The largest absolute Gasteiger partial charge is 0.479 e. The molecule has 8 heteroatoms. The summed E-state index contributed by atoms with van der Waals surface area (Å²) in [4.78, 5) is 35.8. The summed E-state index contributed by atoms with van der Waals surface area (Å²) in [6, 6.07) is 3.10. The molecule has 1 aromatic heterocycles. The van der Waals surface area contributed by atoms with Gasteiger partial charge in [0.15, 0.2) is 12.2 Å². The first-order valence-electron chi connectivity index (χ1n) is 8.97. The zero-order valence-corrected chi connectivity index (χ0v) is 16.2. The number of aryl methyl sites for hydroxylation is 1. The van der Waals surface area contributed by atoms with Gasteiger partial charge in [-0.2, -0.15) is 0 Å². The van der Waals surface area contributed by atoms with Crippen molar-refractivity contribution in [3.8, 4) is 11.5 Å². The molecule has 8 nitrogen and oxygen atoms in total. The van der Waals surface area contributed by atoms with Crippen LogP contribution >= 0.6 is 0 Å². The molecule has 1 heterocycles. The number of ether oxygens (including phenoxy) is 4. The van der Waals surface area contributed by atoms with Gasteiger partial charge in [-0.25, -0.2) is 14.4 Å². The number of methoxy groups -OCH3 is 2. The molecule has 2 aromatic rings. The smallest absolute Gasteiger partial charge is 0.346 e. The predicted molar refractivity (Wildman–Crippen MR) is 98.7 cm³/mol. The quantitative estimate of drug-likeness (QED) is 0.546. The van der Waals surface area contributed by atoms with Crippen LogP contribution in [0.4, 0.5) is 0 Å². The second-order valence-electron chi connectivity index (χ2n) is 6.56. The molecular weight excluding hydrogens is 368 g/mol. The van der Waals surface area contributed by atoms with Crippen LogP contribution in [0, 0.1) is 0 Å². The number of rotatable bonds is 6. The number of hydrogen-bond donors (Lipinski definition) is 0. The van der Waals surface area contributed by atoms with Gasteiger partial charge in [-0.3, -0.25) is 0 Å². The fourth-order valence-electron chi connectivity index (χ4n) is 3.33. The van der Waals surface area contributed by atoms with Crippen LogP contribution in [-0.2, 0) is 31.9 Å². The third-order valence-corrected chi connectivity index (χ3v) is 4.69. The van der Waals surface area contributed by atoms with Crippen LogP contribution in [0.1, 0.15) is 31.4 Å². The molecule has 28 heavy (non-hydrogen) atoms. The number of carbonyl (C=O) groups excluding carboxylic acids is 2. The highest BCUT2D eigenvalue weighted by atomic mass is 16.6. The third-order valence-electron chi connectivity index (χ3n) is 4.69. The van der Waals surface area contributed by atoms with Crippen LogP contribution in [0.15, 0.2) is 21.3 Å². The molecule has 0 spiro atoms. The van der Waals surface area contributed by atoms with Crippen molar-refractivity contribution >= 4 is 22.9 Å². The number of hydrogen-bond acceptors (Lipinski definition) is 8. The summed E-state index contributed by atoms with van der Waals surface area (Å²) in [5.41, 5.74) is 1.35. The molecule has 0 saturated carbocycles. The minimum atomic E-state index is -0.884. The summed E-state index contributed by atoms with van der Waals surface area (Å²) in [5, 5.41) is 0.626. The van der Waals surface area contributed by atoms with Gasteiger partial charge in [0.1, 0.15) is 17.1 Å². The Morgan fingerprint density at radius 1 is 0.964 bits per heavy atom. The first kappa shape index (κ1) is 19.7. The summed E-state index contributed by atoms with van der Waals surface area (Å²) < 4.78 is 26.3. The molecule has 3 rings (SSSR count). The Morgan fingerprint density at radius 2 is 1.57 bits per heavy atom. The Hall–Kier alpha value is -3.03. The molecule has 0 saturated heterocycles. The Morgan fingerprint density at radius 3 is 2.21 bits per heavy atom. The van der Waals surface area contributed by atoms with E-state index in [1.54, 1.807) is 13.0 Å². The fourth-order valence-corrected chi connectivity index (χ4v) is 3.33. The normalized spacial score (nSPS) is 14.9. The Bertz CT molecular complexity index is 974. The minimum absolute atomic E-state index is 0.249. The molecule has 150 valence electrons. The van der Waals surface area contributed by atoms with Crippen molar-refractivity contribution in [2.75, 3.05) is 14.2 Å². The van der Waals surface area contributed by atoms with E-state index >= 15 is 0 Å². The van der Waals surface area contributed by atoms with Crippen molar-refractivity contribution < 1.29 is 33.0 Å². The Labute approximate surface area is 161 Å². The van der Waals surface area contributed by atoms with E-state index in [2.05, 4.69) is 4.74 Å². The highest BCUT2D eigenvalue weighted by molar-refractivity contribution is 5.90. The average molecular weight is 390 g/mol. The van der Waals surface area contributed by atoms with Crippen molar-refractivity contribution in [3.63, 3.8) is 0 Å². The standard InChI is InChI=1S/C20H22O8/c1-10(18(21)24-3)26-12-8-15(27-11(2)19(22)25-4)17-13-6-5-7-14(13)20(23)28-16(17)9-12/h8-11H,5-7H2,1-4H3/t10-,11+/m0/s1. The molecule has 1 aromatic carbocycles. The summed E-state index contributed by atoms with van der Waals surface area (Å²) in [6.45, 7) is 3.09. The van der Waals surface area contributed by atoms with Crippen LogP contribution in [0.3, 0.4) is 0 Å². The van der Waals surface area contributed by atoms with Gasteiger partial charge in [-0.05, 0) is 38.7 Å². The van der Waals surface area contributed by atoms with Gasteiger partial charge in [0.2, 0.25) is 0 Å². The van der Waals surface area contributed by atoms with Crippen LogP contribution in [0.2, 0.25) is 0 Å². The highest BCUT2D eigenvalue weighted by Gasteiger charge is 2.26. The van der Waals surface area contributed by atoms with E-state index in [0.717, 1.165) is 12.0 Å². The second-order valence-corrected chi connectivity index (χ2v) is 6.56. The molecule has 0 unspecified atom stereocenters. The summed E-state index contributed by atoms with van der Waals surface area (Å²) in [6.07, 6.45) is 0.416. The van der Waals surface area contributed by atoms with E-state index in [0.29, 0.717) is 29.5 Å². The average Bonchev–Trinajstić information content (AvgIpc) is 3.16. The van der Waals surface area contributed by atoms with E-state index in [1.165, 1.54) is 27.2 Å². The van der Waals surface area contributed by atoms with Crippen LogP contribution < -0.4 is 15.1 Å². The molecular formula is C20H22O8. The third kappa shape index (κ3) is 3.67. The Kier molecular flexibility index (Phi) is 5.58. The molecule has 0 aliphatic heterocycles. The minimum Gasteiger partial charge on any atom is -0.479 e. The molecule has 1 aliphatic carbocycles. The van der Waals surface area contributed by atoms with Gasteiger partial charge < -0.3 is 23.4 Å². The highest BCUT2D eigenvalue weighted by Crippen LogP contribution is 2.38. The van der Waals surface area contributed by atoms with Crippen molar-refractivity contribution in [2.24, 2.45) is 0 Å². The van der Waals surface area contributed by atoms with Crippen molar-refractivity contribution in [3.05, 3.63) is 33.7 Å². The topological polar surface area (TPSA) is 101 Å². The van der Waals surface area contributed by atoms with Gasteiger partial charge in [-0.15, -0.1) is 0 Å². The molecule has 0 fully saturated rings. The number of fused-ring (bicyclic) bond motifs is 3. The van der Waals surface area contributed by atoms with Gasteiger partial charge in [-0.1, -0.05) is 0 Å². The maximum atomic E-state index is 12.3. The molecule has 0 amide bonds. The molecule has 0 N–H and O–H groups in total. The lowest BCUT2D eigenvalue weighted by molar-refractivity contribution is -0.148. The first-order chi connectivity index (χ1) is 13.3. The van der Waals surface area contributed by atoms with Gasteiger partial charge in [0.25, 0.3) is 0 Å². The maximum Gasteiger partial charge on any atom is 0.346 e. The van der Waals surface area contributed by atoms with Crippen molar-refractivity contribution in [1.82, 2.24) is 0 Å². The molecule has 0 bridgehead atoms. The number of benzene rings is 1. The van der Waals surface area contributed by atoms with E-state index in [4.69, 9.17) is 18.6 Å². The molecule has 0 radical (unpaired) electrons. The van der Waals surface area contributed by atoms with E-state index in [1.807, 2.05) is 0 Å². The van der Waals surface area contributed by atoms with Crippen molar-refractivity contribution in [2.45, 2.75) is 45.3 Å². The number of esters is 2. The zero-order valence-electron chi connectivity index (χ0n) is 16.2.